The Kier molecular flexibility index (Phi) is 4.64. The molecule has 1 saturated heterocycles. The number of amidine groups is 1. The Balaban J connectivity index is 2.47. The van der Waals surface area contributed by atoms with Crippen LogP contribution in [0.15, 0.2) is 4.99 Å². The van der Waals surface area contributed by atoms with Crippen molar-refractivity contribution >= 4 is 27.7 Å². The largest absolute Gasteiger partial charge is 0.359 e. The van der Waals surface area contributed by atoms with Gasteiger partial charge in [0, 0.05) is 28.3 Å². The quantitative estimate of drug-likeness (QED) is 0.822. The summed E-state index contributed by atoms with van der Waals surface area (Å²) in [7, 11) is -0.775. The average molecular weight is 248 g/mol. The van der Waals surface area contributed by atoms with Gasteiger partial charge in [0.05, 0.1) is 11.8 Å². The molecule has 0 aromatic rings. The summed E-state index contributed by atoms with van der Waals surface area (Å²) in [6.07, 6.45) is 2.84. The molecule has 0 radical (unpaired) electrons. The molecule has 0 aromatic heterocycles. The van der Waals surface area contributed by atoms with Gasteiger partial charge < -0.3 is 5.32 Å². The molecule has 0 amide bonds. The van der Waals surface area contributed by atoms with Gasteiger partial charge in [-0.25, -0.2) is 0 Å². The highest BCUT2D eigenvalue weighted by Gasteiger charge is 2.30. The van der Waals surface area contributed by atoms with Gasteiger partial charge in [-0.1, -0.05) is 18.7 Å². The average Bonchev–Trinajstić information content (AvgIpc) is 2.57. The van der Waals surface area contributed by atoms with E-state index in [2.05, 4.69) is 24.2 Å². The molecular weight excluding hydrogens is 228 g/mol. The Hall–Kier alpha value is -0.0300. The highest BCUT2D eigenvalue weighted by Crippen LogP contribution is 2.25. The molecule has 88 valence electrons. The molecule has 0 aliphatic carbocycles. The van der Waals surface area contributed by atoms with Crippen molar-refractivity contribution < 1.29 is 4.21 Å². The SMILES string of the molecule is CCC1(C)CSC(=NCC(C)S(C)=O)N1. The lowest BCUT2D eigenvalue weighted by atomic mass is 10.0. The fourth-order valence-corrected chi connectivity index (χ4v) is 2.65. The van der Waals surface area contributed by atoms with E-state index in [4.69, 9.17) is 0 Å². The van der Waals surface area contributed by atoms with Crippen LogP contribution in [-0.2, 0) is 10.8 Å². The van der Waals surface area contributed by atoms with Gasteiger partial charge >= 0.3 is 0 Å². The summed E-state index contributed by atoms with van der Waals surface area (Å²) in [4.78, 5) is 4.46. The molecule has 1 rings (SSSR count). The van der Waals surface area contributed by atoms with E-state index in [-0.39, 0.29) is 10.8 Å². The second kappa shape index (κ2) is 5.34. The highest BCUT2D eigenvalue weighted by atomic mass is 32.2. The van der Waals surface area contributed by atoms with Crippen molar-refractivity contribution in [1.82, 2.24) is 5.32 Å². The third-order valence-electron chi connectivity index (χ3n) is 2.78. The van der Waals surface area contributed by atoms with E-state index < -0.39 is 10.8 Å². The van der Waals surface area contributed by atoms with Crippen LogP contribution in [0, 0.1) is 0 Å². The van der Waals surface area contributed by atoms with Gasteiger partial charge in [-0.3, -0.25) is 9.20 Å². The fourth-order valence-electron chi connectivity index (χ4n) is 1.15. The van der Waals surface area contributed by atoms with Gasteiger partial charge in [-0.15, -0.1) is 0 Å². The van der Waals surface area contributed by atoms with E-state index in [1.165, 1.54) is 0 Å². The maximum absolute atomic E-state index is 11.1. The number of aliphatic imine (C=N–C) groups is 1. The maximum Gasteiger partial charge on any atom is 0.157 e. The summed E-state index contributed by atoms with van der Waals surface area (Å²) in [5.74, 6) is 1.08. The van der Waals surface area contributed by atoms with Crippen molar-refractivity contribution in [1.29, 1.82) is 0 Å². The highest BCUT2D eigenvalue weighted by molar-refractivity contribution is 8.14. The first-order valence-electron chi connectivity index (χ1n) is 5.24. The standard InChI is InChI=1S/C10H20N2OS2/c1-5-10(3)7-14-9(12-10)11-6-8(2)15(4)13/h8H,5-7H2,1-4H3,(H,11,12). The van der Waals surface area contributed by atoms with Crippen LogP contribution >= 0.6 is 11.8 Å². The van der Waals surface area contributed by atoms with Crippen molar-refractivity contribution in [3.05, 3.63) is 0 Å². The van der Waals surface area contributed by atoms with Gasteiger partial charge in [0.15, 0.2) is 5.17 Å². The summed E-state index contributed by atoms with van der Waals surface area (Å²) in [6, 6.07) is 0. The molecule has 3 nitrogen and oxygen atoms in total. The van der Waals surface area contributed by atoms with E-state index in [1.807, 2.05) is 6.92 Å². The zero-order valence-corrected chi connectivity index (χ0v) is 11.5. The molecule has 1 aliphatic rings. The van der Waals surface area contributed by atoms with E-state index in [0.29, 0.717) is 6.54 Å². The third-order valence-corrected chi connectivity index (χ3v) is 5.34. The lowest BCUT2D eigenvalue weighted by molar-refractivity contribution is 0.466. The van der Waals surface area contributed by atoms with Gasteiger partial charge in [0.2, 0.25) is 0 Å². The molecule has 1 N–H and O–H groups in total. The van der Waals surface area contributed by atoms with Crippen LogP contribution in [0.3, 0.4) is 0 Å². The minimum absolute atomic E-state index is 0.147. The second-order valence-electron chi connectivity index (χ2n) is 4.28. The van der Waals surface area contributed by atoms with Crippen molar-refractivity contribution in [3.8, 4) is 0 Å². The fraction of sp³-hybridized carbons (Fsp3) is 0.900. The zero-order valence-electron chi connectivity index (χ0n) is 9.87. The first kappa shape index (κ1) is 13.0. The Bertz CT molecular complexity index is 281. The first-order valence-corrected chi connectivity index (χ1v) is 7.85. The van der Waals surface area contributed by atoms with E-state index in [0.717, 1.165) is 17.3 Å². The normalized spacial score (nSPS) is 32.7. The summed E-state index contributed by atoms with van der Waals surface area (Å²) in [5.41, 5.74) is 0.193. The van der Waals surface area contributed by atoms with Crippen LogP contribution in [0.25, 0.3) is 0 Å². The summed E-state index contributed by atoms with van der Waals surface area (Å²) >= 11 is 1.77. The number of nitrogens with zero attached hydrogens (tertiary/aromatic N) is 1. The van der Waals surface area contributed by atoms with E-state index >= 15 is 0 Å². The van der Waals surface area contributed by atoms with Crippen molar-refractivity contribution in [2.75, 3.05) is 18.6 Å². The van der Waals surface area contributed by atoms with Gasteiger partial charge in [0.25, 0.3) is 0 Å². The number of rotatable bonds is 4. The van der Waals surface area contributed by atoms with Crippen LogP contribution < -0.4 is 5.32 Å². The zero-order chi connectivity index (χ0) is 11.5. The molecule has 0 spiro atoms. The van der Waals surface area contributed by atoms with E-state index in [1.54, 1.807) is 18.0 Å². The van der Waals surface area contributed by atoms with Crippen LogP contribution in [0.1, 0.15) is 27.2 Å². The van der Waals surface area contributed by atoms with Crippen LogP contribution in [-0.4, -0.2) is 38.7 Å². The molecule has 0 bridgehead atoms. The van der Waals surface area contributed by atoms with E-state index in [9.17, 15) is 4.21 Å². The molecule has 1 heterocycles. The Morgan fingerprint density at radius 1 is 1.73 bits per heavy atom. The van der Waals surface area contributed by atoms with Crippen LogP contribution in [0.4, 0.5) is 0 Å². The molecule has 3 unspecified atom stereocenters. The molecule has 15 heavy (non-hydrogen) atoms. The summed E-state index contributed by atoms with van der Waals surface area (Å²) < 4.78 is 11.1. The van der Waals surface area contributed by atoms with Crippen molar-refractivity contribution in [2.24, 2.45) is 4.99 Å². The lowest BCUT2D eigenvalue weighted by Crippen LogP contribution is -2.39. The minimum atomic E-state index is -0.775. The molecule has 0 aromatic carbocycles. The molecule has 1 fully saturated rings. The molecule has 3 atom stereocenters. The van der Waals surface area contributed by atoms with Gasteiger partial charge in [0.1, 0.15) is 0 Å². The Labute approximate surface area is 99.0 Å². The van der Waals surface area contributed by atoms with Gasteiger partial charge in [-0.05, 0) is 20.3 Å². The van der Waals surface area contributed by atoms with Crippen molar-refractivity contribution in [3.63, 3.8) is 0 Å². The van der Waals surface area contributed by atoms with Crippen LogP contribution in [0.5, 0.6) is 0 Å². The second-order valence-corrected chi connectivity index (χ2v) is 7.05. The minimum Gasteiger partial charge on any atom is -0.359 e. The first-order chi connectivity index (χ1) is 6.97. The predicted octanol–water partition coefficient (Wildman–Crippen LogP) is 1.61. The van der Waals surface area contributed by atoms with Crippen LogP contribution in [0.2, 0.25) is 0 Å². The maximum atomic E-state index is 11.1. The molecule has 1 aliphatic heterocycles. The topological polar surface area (TPSA) is 41.5 Å². The monoisotopic (exact) mass is 248 g/mol. The molecule has 0 saturated carbocycles. The number of nitrogens with one attached hydrogen (secondary N) is 1. The molecule has 5 heteroatoms. The van der Waals surface area contributed by atoms with Gasteiger partial charge in [-0.2, -0.15) is 0 Å². The Morgan fingerprint density at radius 3 is 2.87 bits per heavy atom. The summed E-state index contributed by atoms with van der Waals surface area (Å²) in [6.45, 7) is 7.02. The Morgan fingerprint density at radius 2 is 2.40 bits per heavy atom. The lowest BCUT2D eigenvalue weighted by Gasteiger charge is -2.20. The van der Waals surface area contributed by atoms with Crippen molar-refractivity contribution in [2.45, 2.75) is 38.0 Å². The third kappa shape index (κ3) is 3.79. The number of thioether (sulfide) groups is 1. The molecular formula is C10H20N2OS2. The predicted molar refractivity (Wildman–Crippen MR) is 70.1 cm³/mol. The number of hydrogen-bond donors (Lipinski definition) is 1. The summed E-state index contributed by atoms with van der Waals surface area (Å²) in [5, 5.41) is 4.58. The number of hydrogen-bond acceptors (Lipinski definition) is 3. The smallest absolute Gasteiger partial charge is 0.157 e.